The van der Waals surface area contributed by atoms with Crippen LogP contribution in [0.1, 0.15) is 40.5 Å². The Labute approximate surface area is 117 Å². The Morgan fingerprint density at radius 1 is 1.44 bits per heavy atom. The van der Waals surface area contributed by atoms with E-state index < -0.39 is 0 Å². The van der Waals surface area contributed by atoms with Gasteiger partial charge in [0.1, 0.15) is 4.47 Å². The molecule has 0 aliphatic heterocycles. The number of nitrogens with one attached hydrogen (secondary N) is 1. The lowest BCUT2D eigenvalue weighted by molar-refractivity contribution is 0.483. The second-order valence-corrected chi connectivity index (χ2v) is 5.58. The van der Waals surface area contributed by atoms with Crippen LogP contribution in [-0.2, 0) is 6.54 Å². The van der Waals surface area contributed by atoms with Crippen molar-refractivity contribution in [2.24, 2.45) is 5.92 Å². The molecular formula is C13H22BrN3O. The Bertz CT molecular complexity index is 444. The molecule has 4 nitrogen and oxygen atoms in total. The van der Waals surface area contributed by atoms with Gasteiger partial charge in [0.25, 0.3) is 5.56 Å². The molecule has 1 rings (SSSR count). The molecular weight excluding hydrogens is 294 g/mol. The second kappa shape index (κ2) is 6.92. The molecule has 0 aliphatic rings. The molecule has 102 valence electrons. The highest BCUT2D eigenvalue weighted by Gasteiger charge is 2.12. The molecule has 0 amide bonds. The number of nitrogens with zero attached hydrogens (tertiary/aromatic N) is 2. The maximum Gasteiger partial charge on any atom is 0.283 e. The summed E-state index contributed by atoms with van der Waals surface area (Å²) in [6.07, 6.45) is 3.96. The zero-order valence-corrected chi connectivity index (χ0v) is 13.1. The van der Waals surface area contributed by atoms with E-state index in [1.807, 2.05) is 6.92 Å². The Morgan fingerprint density at radius 2 is 2.11 bits per heavy atom. The van der Waals surface area contributed by atoms with E-state index in [2.05, 4.69) is 47.1 Å². The first-order valence-corrected chi connectivity index (χ1v) is 7.31. The predicted octanol–water partition coefficient (Wildman–Crippen LogP) is 3.26. The van der Waals surface area contributed by atoms with E-state index in [1.54, 1.807) is 6.20 Å². The van der Waals surface area contributed by atoms with E-state index in [0.717, 1.165) is 12.1 Å². The normalized spacial score (nSPS) is 14.3. The van der Waals surface area contributed by atoms with Crippen molar-refractivity contribution in [3.63, 3.8) is 0 Å². The maximum atomic E-state index is 11.9. The average molecular weight is 316 g/mol. The number of rotatable bonds is 6. The number of aryl methyl sites for hydroxylation is 1. The molecule has 1 aromatic rings. The van der Waals surface area contributed by atoms with Crippen molar-refractivity contribution in [2.75, 3.05) is 5.32 Å². The molecule has 0 saturated carbocycles. The van der Waals surface area contributed by atoms with Crippen LogP contribution in [-0.4, -0.2) is 15.8 Å². The lowest BCUT2D eigenvalue weighted by Crippen LogP contribution is -2.26. The highest BCUT2D eigenvalue weighted by Crippen LogP contribution is 2.19. The van der Waals surface area contributed by atoms with Crippen LogP contribution >= 0.6 is 15.9 Å². The van der Waals surface area contributed by atoms with Crippen LogP contribution < -0.4 is 10.9 Å². The molecule has 1 heterocycles. The lowest BCUT2D eigenvalue weighted by Gasteiger charge is -2.19. The Morgan fingerprint density at radius 3 is 2.67 bits per heavy atom. The molecule has 1 N–H and O–H groups in total. The van der Waals surface area contributed by atoms with Crippen molar-refractivity contribution in [1.29, 1.82) is 0 Å². The van der Waals surface area contributed by atoms with Gasteiger partial charge in [0, 0.05) is 12.6 Å². The summed E-state index contributed by atoms with van der Waals surface area (Å²) < 4.78 is 2.00. The Balaban J connectivity index is 2.80. The van der Waals surface area contributed by atoms with Crippen molar-refractivity contribution >= 4 is 21.6 Å². The van der Waals surface area contributed by atoms with Gasteiger partial charge in [-0.2, -0.15) is 5.10 Å². The molecule has 1 aromatic heterocycles. The number of hydrogen-bond donors (Lipinski definition) is 1. The third-order valence-electron chi connectivity index (χ3n) is 3.14. The minimum atomic E-state index is -0.0850. The summed E-state index contributed by atoms with van der Waals surface area (Å²) in [6.45, 7) is 9.04. The fourth-order valence-electron chi connectivity index (χ4n) is 1.89. The van der Waals surface area contributed by atoms with E-state index >= 15 is 0 Å². The predicted molar refractivity (Wildman–Crippen MR) is 79.0 cm³/mol. The molecule has 2 atom stereocenters. The Hall–Kier alpha value is -0.840. The topological polar surface area (TPSA) is 46.9 Å². The molecule has 0 radical (unpaired) electrons. The smallest absolute Gasteiger partial charge is 0.283 e. The zero-order valence-electron chi connectivity index (χ0n) is 11.5. The van der Waals surface area contributed by atoms with Crippen molar-refractivity contribution in [1.82, 2.24) is 9.78 Å². The quantitative estimate of drug-likeness (QED) is 0.876. The molecule has 2 unspecified atom stereocenters. The number of anilines is 1. The largest absolute Gasteiger partial charge is 0.380 e. The third-order valence-corrected chi connectivity index (χ3v) is 3.91. The summed E-state index contributed by atoms with van der Waals surface area (Å²) in [7, 11) is 0. The third kappa shape index (κ3) is 3.83. The SMILES string of the molecule is CCC(C)CC(C)Nc1cnn(CC)c(=O)c1Br. The van der Waals surface area contributed by atoms with Crippen LogP contribution in [0.15, 0.2) is 15.5 Å². The molecule has 0 bridgehead atoms. The monoisotopic (exact) mass is 315 g/mol. The van der Waals surface area contributed by atoms with Crippen molar-refractivity contribution in [3.8, 4) is 0 Å². The summed E-state index contributed by atoms with van der Waals surface area (Å²) in [5.41, 5.74) is 0.693. The van der Waals surface area contributed by atoms with Crippen LogP contribution in [0, 0.1) is 5.92 Å². The number of halogens is 1. The highest BCUT2D eigenvalue weighted by atomic mass is 79.9. The fraction of sp³-hybridized carbons (Fsp3) is 0.692. The first-order chi connectivity index (χ1) is 8.49. The van der Waals surface area contributed by atoms with Crippen molar-refractivity contribution in [3.05, 3.63) is 21.0 Å². The fourth-order valence-corrected chi connectivity index (χ4v) is 2.31. The van der Waals surface area contributed by atoms with E-state index in [4.69, 9.17) is 0 Å². The minimum Gasteiger partial charge on any atom is -0.380 e. The second-order valence-electron chi connectivity index (χ2n) is 4.79. The number of hydrogen-bond acceptors (Lipinski definition) is 3. The molecule has 18 heavy (non-hydrogen) atoms. The lowest BCUT2D eigenvalue weighted by atomic mass is 10.0. The summed E-state index contributed by atoms with van der Waals surface area (Å²) >= 11 is 3.35. The summed E-state index contributed by atoms with van der Waals surface area (Å²) in [5, 5.41) is 7.47. The number of aromatic nitrogens is 2. The van der Waals surface area contributed by atoms with Crippen molar-refractivity contribution < 1.29 is 0 Å². The first kappa shape index (κ1) is 15.2. The summed E-state index contributed by atoms with van der Waals surface area (Å²) in [6, 6.07) is 0.329. The summed E-state index contributed by atoms with van der Waals surface area (Å²) in [5.74, 6) is 0.676. The van der Waals surface area contributed by atoms with Gasteiger partial charge in [0.05, 0.1) is 11.9 Å². The van der Waals surface area contributed by atoms with Gasteiger partial charge >= 0.3 is 0 Å². The van der Waals surface area contributed by atoms with Crippen LogP contribution in [0.3, 0.4) is 0 Å². The molecule has 0 fully saturated rings. The zero-order chi connectivity index (χ0) is 13.7. The van der Waals surface area contributed by atoms with Gasteiger partial charge in [0.2, 0.25) is 0 Å². The van der Waals surface area contributed by atoms with Gasteiger partial charge < -0.3 is 5.32 Å². The van der Waals surface area contributed by atoms with Crippen LogP contribution in [0.25, 0.3) is 0 Å². The van der Waals surface area contributed by atoms with Crippen LogP contribution in [0.4, 0.5) is 5.69 Å². The van der Waals surface area contributed by atoms with Gasteiger partial charge in [-0.05, 0) is 42.1 Å². The van der Waals surface area contributed by atoms with E-state index in [0.29, 0.717) is 23.0 Å². The average Bonchev–Trinajstić information content (AvgIpc) is 2.35. The van der Waals surface area contributed by atoms with Gasteiger partial charge in [-0.15, -0.1) is 0 Å². The minimum absolute atomic E-state index is 0.0850. The van der Waals surface area contributed by atoms with Gasteiger partial charge in [-0.25, -0.2) is 4.68 Å². The van der Waals surface area contributed by atoms with E-state index in [1.165, 1.54) is 11.1 Å². The maximum absolute atomic E-state index is 11.9. The molecule has 0 saturated heterocycles. The van der Waals surface area contributed by atoms with E-state index in [9.17, 15) is 4.79 Å². The Kier molecular flexibility index (Phi) is 5.85. The van der Waals surface area contributed by atoms with Crippen LogP contribution in [0.5, 0.6) is 0 Å². The summed E-state index contributed by atoms with van der Waals surface area (Å²) in [4.78, 5) is 11.9. The first-order valence-electron chi connectivity index (χ1n) is 6.51. The van der Waals surface area contributed by atoms with Gasteiger partial charge in [-0.3, -0.25) is 4.79 Å². The molecule has 0 aliphatic carbocycles. The van der Waals surface area contributed by atoms with Gasteiger partial charge in [0.15, 0.2) is 0 Å². The van der Waals surface area contributed by atoms with Crippen LogP contribution in [0.2, 0.25) is 0 Å². The van der Waals surface area contributed by atoms with Gasteiger partial charge in [-0.1, -0.05) is 20.3 Å². The van der Waals surface area contributed by atoms with Crippen molar-refractivity contribution in [2.45, 2.75) is 53.1 Å². The molecule has 0 aromatic carbocycles. The standard InChI is InChI=1S/C13H22BrN3O/c1-5-9(3)7-10(4)16-11-8-15-17(6-2)13(18)12(11)14/h8-10,16H,5-7H2,1-4H3. The molecule has 5 heteroatoms. The van der Waals surface area contributed by atoms with E-state index in [-0.39, 0.29) is 5.56 Å². The highest BCUT2D eigenvalue weighted by molar-refractivity contribution is 9.10. The molecule has 0 spiro atoms.